The van der Waals surface area contributed by atoms with E-state index >= 15 is 0 Å². The molecule has 0 atom stereocenters. The molecule has 0 saturated carbocycles. The summed E-state index contributed by atoms with van der Waals surface area (Å²) in [7, 11) is 0. The van der Waals surface area contributed by atoms with Crippen LogP contribution in [-0.2, 0) is 6.54 Å². The van der Waals surface area contributed by atoms with Gasteiger partial charge in [-0.3, -0.25) is 13.9 Å². The maximum absolute atomic E-state index is 12.0. The highest BCUT2D eigenvalue weighted by atomic mass is 16.2. The van der Waals surface area contributed by atoms with Crippen LogP contribution in [0.4, 0.5) is 0 Å². The Balaban J connectivity index is 2.04. The molecule has 0 aliphatic carbocycles. The van der Waals surface area contributed by atoms with E-state index in [1.807, 2.05) is 32.0 Å². The van der Waals surface area contributed by atoms with E-state index in [0.29, 0.717) is 18.5 Å². The summed E-state index contributed by atoms with van der Waals surface area (Å²) >= 11 is 0. The van der Waals surface area contributed by atoms with Crippen molar-refractivity contribution in [2.75, 3.05) is 0 Å². The summed E-state index contributed by atoms with van der Waals surface area (Å²) in [5.74, 6) is 0.0600. The quantitative estimate of drug-likeness (QED) is 0.773. The van der Waals surface area contributed by atoms with Gasteiger partial charge in [0, 0.05) is 37.0 Å². The Bertz CT molecular complexity index is 609. The Morgan fingerprint density at radius 1 is 1.16 bits per heavy atom. The molecular weight excluding hydrogens is 240 g/mol. The van der Waals surface area contributed by atoms with Gasteiger partial charge in [-0.2, -0.15) is 0 Å². The first-order valence-electron chi connectivity index (χ1n) is 6.45. The van der Waals surface area contributed by atoms with Crippen molar-refractivity contribution in [1.29, 1.82) is 0 Å². The number of carbonyl (C=O) groups is 1. The molecule has 100 valence electrons. The number of aryl methyl sites for hydroxylation is 1. The molecule has 0 spiro atoms. The van der Waals surface area contributed by atoms with Gasteiger partial charge in [0.15, 0.2) is 5.78 Å². The van der Waals surface area contributed by atoms with Gasteiger partial charge in [-0.25, -0.2) is 4.79 Å². The molecule has 0 fully saturated rings. The monoisotopic (exact) mass is 258 g/mol. The number of aromatic nitrogens is 2. The van der Waals surface area contributed by atoms with Crippen molar-refractivity contribution in [3.63, 3.8) is 0 Å². The fourth-order valence-corrected chi connectivity index (χ4v) is 1.98. The third-order valence-corrected chi connectivity index (χ3v) is 3.11. The minimum absolute atomic E-state index is 0.0594. The van der Waals surface area contributed by atoms with Crippen LogP contribution in [0.15, 0.2) is 47.5 Å². The van der Waals surface area contributed by atoms with Gasteiger partial charge >= 0.3 is 5.69 Å². The van der Waals surface area contributed by atoms with Crippen LogP contribution in [0.5, 0.6) is 0 Å². The van der Waals surface area contributed by atoms with Crippen LogP contribution in [-0.4, -0.2) is 14.9 Å². The highest BCUT2D eigenvalue weighted by molar-refractivity contribution is 5.95. The summed E-state index contributed by atoms with van der Waals surface area (Å²) in [5, 5.41) is 0. The van der Waals surface area contributed by atoms with Gasteiger partial charge in [0.2, 0.25) is 0 Å². The van der Waals surface area contributed by atoms with Crippen LogP contribution in [0.25, 0.3) is 0 Å². The van der Waals surface area contributed by atoms with Gasteiger partial charge < -0.3 is 0 Å². The second kappa shape index (κ2) is 5.69. The Labute approximate surface area is 112 Å². The molecule has 4 nitrogen and oxygen atoms in total. The first-order valence-corrected chi connectivity index (χ1v) is 6.45. The summed E-state index contributed by atoms with van der Waals surface area (Å²) in [6.07, 6.45) is 3.84. The zero-order valence-electron chi connectivity index (χ0n) is 11.2. The van der Waals surface area contributed by atoms with Crippen molar-refractivity contribution in [3.8, 4) is 0 Å². The second-order valence-electron chi connectivity index (χ2n) is 4.81. The Hall–Kier alpha value is -2.10. The van der Waals surface area contributed by atoms with Crippen LogP contribution in [0, 0.1) is 0 Å². The van der Waals surface area contributed by atoms with Crippen LogP contribution in [0.3, 0.4) is 0 Å². The minimum atomic E-state index is -0.0594. The normalized spacial score (nSPS) is 10.9. The minimum Gasteiger partial charge on any atom is -0.299 e. The molecule has 0 bridgehead atoms. The molecular formula is C15H18N2O2. The number of imidazole rings is 1. The maximum atomic E-state index is 12.0. The molecule has 0 N–H and O–H groups in total. The zero-order valence-corrected chi connectivity index (χ0v) is 11.2. The average Bonchev–Trinajstić information content (AvgIpc) is 2.78. The fourth-order valence-electron chi connectivity index (χ4n) is 1.98. The summed E-state index contributed by atoms with van der Waals surface area (Å²) in [6, 6.07) is 9.29. The molecule has 19 heavy (non-hydrogen) atoms. The van der Waals surface area contributed by atoms with Gasteiger partial charge in [0.05, 0.1) is 0 Å². The second-order valence-corrected chi connectivity index (χ2v) is 4.81. The number of Topliss-reactive ketones (excluding diaryl/α,β-unsaturated/α-hetero) is 1. The smallest absolute Gasteiger partial charge is 0.299 e. The Morgan fingerprint density at radius 2 is 1.84 bits per heavy atom. The molecule has 1 aromatic carbocycles. The molecule has 0 aliphatic heterocycles. The lowest BCUT2D eigenvalue weighted by Crippen LogP contribution is -2.25. The summed E-state index contributed by atoms with van der Waals surface area (Å²) < 4.78 is 3.24. The highest BCUT2D eigenvalue weighted by Crippen LogP contribution is 2.05. The first-order chi connectivity index (χ1) is 9.09. The van der Waals surface area contributed by atoms with Gasteiger partial charge in [-0.05, 0) is 13.8 Å². The van der Waals surface area contributed by atoms with E-state index in [9.17, 15) is 9.59 Å². The van der Waals surface area contributed by atoms with Crippen molar-refractivity contribution < 1.29 is 4.79 Å². The largest absolute Gasteiger partial charge is 0.328 e. The lowest BCUT2D eigenvalue weighted by atomic mass is 10.1. The highest BCUT2D eigenvalue weighted by Gasteiger charge is 2.09. The number of rotatable bonds is 5. The van der Waals surface area contributed by atoms with E-state index in [1.165, 1.54) is 0 Å². The molecule has 2 rings (SSSR count). The van der Waals surface area contributed by atoms with E-state index in [2.05, 4.69) is 0 Å². The number of carbonyl (C=O) groups excluding carboxylic acids is 1. The van der Waals surface area contributed by atoms with Gasteiger partial charge in [-0.15, -0.1) is 0 Å². The summed E-state index contributed by atoms with van der Waals surface area (Å²) in [6.45, 7) is 4.34. The molecule has 0 aliphatic rings. The predicted octanol–water partition coefficient (Wildman–Crippen LogP) is 2.50. The molecule has 0 radical (unpaired) electrons. The lowest BCUT2D eigenvalue weighted by molar-refractivity contribution is 0.0976. The van der Waals surface area contributed by atoms with Crippen LogP contribution < -0.4 is 5.69 Å². The first kappa shape index (κ1) is 13.3. The maximum Gasteiger partial charge on any atom is 0.328 e. The molecule has 1 heterocycles. The number of hydrogen-bond donors (Lipinski definition) is 0. The van der Waals surface area contributed by atoms with Crippen molar-refractivity contribution in [2.24, 2.45) is 0 Å². The van der Waals surface area contributed by atoms with Crippen molar-refractivity contribution in [3.05, 3.63) is 58.8 Å². The fraction of sp³-hybridized carbons (Fsp3) is 0.333. The molecule has 0 amide bonds. The molecule has 2 aromatic rings. The van der Waals surface area contributed by atoms with Gasteiger partial charge in [-0.1, -0.05) is 30.3 Å². The number of hydrogen-bond acceptors (Lipinski definition) is 2. The van der Waals surface area contributed by atoms with Gasteiger partial charge in [0.1, 0.15) is 0 Å². The number of benzene rings is 1. The van der Waals surface area contributed by atoms with Crippen molar-refractivity contribution in [1.82, 2.24) is 9.13 Å². The van der Waals surface area contributed by atoms with Crippen molar-refractivity contribution >= 4 is 5.78 Å². The molecule has 0 unspecified atom stereocenters. The van der Waals surface area contributed by atoms with E-state index in [4.69, 9.17) is 0 Å². The summed E-state index contributed by atoms with van der Waals surface area (Å²) in [5.41, 5.74) is 0.634. The lowest BCUT2D eigenvalue weighted by Gasteiger charge is -2.05. The summed E-state index contributed by atoms with van der Waals surface area (Å²) in [4.78, 5) is 23.9. The third kappa shape index (κ3) is 3.02. The SMILES string of the molecule is CC(C)n1ccn(CCC(=O)c2ccccc2)c1=O. The molecule has 1 aromatic heterocycles. The Morgan fingerprint density at radius 3 is 2.42 bits per heavy atom. The van der Waals surface area contributed by atoms with E-state index in [-0.39, 0.29) is 17.5 Å². The van der Waals surface area contributed by atoms with Gasteiger partial charge in [0.25, 0.3) is 0 Å². The predicted molar refractivity (Wildman–Crippen MR) is 74.5 cm³/mol. The number of nitrogens with zero attached hydrogens (tertiary/aromatic N) is 2. The van der Waals surface area contributed by atoms with Crippen LogP contribution in [0.1, 0.15) is 36.7 Å². The average molecular weight is 258 g/mol. The van der Waals surface area contributed by atoms with Crippen LogP contribution in [0.2, 0.25) is 0 Å². The van der Waals surface area contributed by atoms with Crippen molar-refractivity contribution in [2.45, 2.75) is 32.9 Å². The molecule has 0 saturated heterocycles. The zero-order chi connectivity index (χ0) is 13.8. The number of ketones is 1. The van der Waals surface area contributed by atoms with E-state index in [0.717, 1.165) is 0 Å². The van der Waals surface area contributed by atoms with Crippen LogP contribution >= 0.6 is 0 Å². The third-order valence-electron chi connectivity index (χ3n) is 3.11. The standard InChI is InChI=1S/C15H18N2O2/c1-12(2)17-11-10-16(15(17)19)9-8-14(18)13-6-4-3-5-7-13/h3-7,10-12H,8-9H2,1-2H3. The Kier molecular flexibility index (Phi) is 4.00. The van der Waals surface area contributed by atoms with E-state index < -0.39 is 0 Å². The topological polar surface area (TPSA) is 44.0 Å². The molecule has 4 heteroatoms. The van der Waals surface area contributed by atoms with E-state index in [1.54, 1.807) is 33.7 Å².